The van der Waals surface area contributed by atoms with Gasteiger partial charge in [0.25, 0.3) is 0 Å². The van der Waals surface area contributed by atoms with Crippen molar-refractivity contribution in [3.8, 4) is 5.88 Å². The highest BCUT2D eigenvalue weighted by atomic mass is 127. The molecule has 0 radical (unpaired) electrons. The molecule has 5 rings (SSSR count). The highest BCUT2D eigenvalue weighted by Gasteiger charge is 2.27. The molecule has 0 unspecified atom stereocenters. The summed E-state index contributed by atoms with van der Waals surface area (Å²) in [6.45, 7) is 3.02. The Morgan fingerprint density at radius 1 is 1.41 bits per heavy atom. The SMILES string of the molecule is COC(=O)c1ccc2nc(CN3CCc4cc(I)c(O)nc4C3)n(C[C@@H]3CCO3)c2c1F. The Kier molecular flexibility index (Phi) is 5.76. The van der Waals surface area contributed by atoms with Gasteiger partial charge in [0.15, 0.2) is 5.82 Å². The molecule has 0 bridgehead atoms. The van der Waals surface area contributed by atoms with E-state index in [9.17, 15) is 9.90 Å². The van der Waals surface area contributed by atoms with Crippen LogP contribution in [0.1, 0.15) is 33.9 Å². The smallest absolute Gasteiger partial charge is 0.340 e. The largest absolute Gasteiger partial charge is 0.493 e. The topological polar surface area (TPSA) is 89.7 Å². The number of ether oxygens (including phenoxy) is 2. The lowest BCUT2D eigenvalue weighted by molar-refractivity contribution is -0.0592. The minimum Gasteiger partial charge on any atom is -0.493 e. The predicted octanol–water partition coefficient (Wildman–Crippen LogP) is 3.01. The van der Waals surface area contributed by atoms with Gasteiger partial charge in [-0.05, 0) is 59.2 Å². The Bertz CT molecular complexity index is 1210. The van der Waals surface area contributed by atoms with Crippen LogP contribution in [0.2, 0.25) is 0 Å². The van der Waals surface area contributed by atoms with Crippen LogP contribution in [-0.4, -0.2) is 56.9 Å². The first-order chi connectivity index (χ1) is 15.4. The van der Waals surface area contributed by atoms with Crippen LogP contribution >= 0.6 is 22.6 Å². The van der Waals surface area contributed by atoms with Crippen molar-refractivity contribution in [3.63, 3.8) is 0 Å². The molecule has 10 heteroatoms. The van der Waals surface area contributed by atoms with Gasteiger partial charge in [0, 0.05) is 19.7 Å². The molecule has 0 amide bonds. The molecule has 1 fully saturated rings. The van der Waals surface area contributed by atoms with Gasteiger partial charge in [-0.3, -0.25) is 4.90 Å². The lowest BCUT2D eigenvalue weighted by Crippen LogP contribution is -2.34. The summed E-state index contributed by atoms with van der Waals surface area (Å²) in [5.74, 6) is -0.600. The standard InChI is InChI=1S/C22H22FIN4O4/c1-31-22(30)14-2-3-16-20(19(14)23)28(9-13-5-7-32-13)18(25-16)11-27-6-4-12-8-15(24)21(29)26-17(12)10-27/h2-3,8,13H,4-7,9-11H2,1H3,(H,26,29)/t13-/m0/s1. The highest BCUT2D eigenvalue weighted by Crippen LogP contribution is 2.29. The van der Waals surface area contributed by atoms with E-state index < -0.39 is 11.8 Å². The fraction of sp³-hybridized carbons (Fsp3) is 0.409. The predicted molar refractivity (Wildman–Crippen MR) is 122 cm³/mol. The van der Waals surface area contributed by atoms with Crippen LogP contribution in [0, 0.1) is 9.39 Å². The molecule has 2 aliphatic rings. The van der Waals surface area contributed by atoms with Crippen LogP contribution in [0.15, 0.2) is 18.2 Å². The van der Waals surface area contributed by atoms with Gasteiger partial charge in [-0.2, -0.15) is 0 Å². The third-order valence-corrected chi connectivity index (χ3v) is 6.87. The first-order valence-corrected chi connectivity index (χ1v) is 11.5. The summed E-state index contributed by atoms with van der Waals surface area (Å²) in [6.07, 6.45) is 1.71. The number of carbonyl (C=O) groups excluding carboxylic acids is 1. The minimum absolute atomic E-state index is 0.00453. The summed E-state index contributed by atoms with van der Waals surface area (Å²) in [7, 11) is 1.23. The van der Waals surface area contributed by atoms with Gasteiger partial charge >= 0.3 is 5.97 Å². The maximum absolute atomic E-state index is 15.4. The van der Waals surface area contributed by atoms with Crippen molar-refractivity contribution >= 4 is 39.6 Å². The third-order valence-electron chi connectivity index (χ3n) is 6.07. The fourth-order valence-corrected chi connectivity index (χ4v) is 4.76. The molecule has 2 aliphatic heterocycles. The van der Waals surface area contributed by atoms with Crippen molar-refractivity contribution in [2.45, 2.75) is 38.6 Å². The summed E-state index contributed by atoms with van der Waals surface area (Å²) in [4.78, 5) is 23.2. The minimum atomic E-state index is -0.716. The number of hydrogen-bond donors (Lipinski definition) is 1. The second-order valence-corrected chi connectivity index (χ2v) is 9.23. The first-order valence-electron chi connectivity index (χ1n) is 10.4. The number of carbonyl (C=O) groups is 1. The van der Waals surface area contributed by atoms with E-state index in [1.807, 2.05) is 10.6 Å². The molecule has 0 spiro atoms. The van der Waals surface area contributed by atoms with E-state index in [1.54, 1.807) is 6.07 Å². The van der Waals surface area contributed by atoms with Gasteiger partial charge in [-0.15, -0.1) is 0 Å². The van der Waals surface area contributed by atoms with E-state index in [4.69, 9.17) is 14.5 Å². The number of rotatable bonds is 5. The molecule has 1 saturated heterocycles. The van der Waals surface area contributed by atoms with E-state index in [0.29, 0.717) is 43.1 Å². The van der Waals surface area contributed by atoms with Crippen molar-refractivity contribution < 1.29 is 23.8 Å². The van der Waals surface area contributed by atoms with Crippen LogP contribution < -0.4 is 0 Å². The lowest BCUT2D eigenvalue weighted by atomic mass is 10.1. The number of esters is 1. The normalized spacial score (nSPS) is 18.4. The maximum atomic E-state index is 15.4. The van der Waals surface area contributed by atoms with Gasteiger partial charge in [-0.1, -0.05) is 0 Å². The number of fused-ring (bicyclic) bond motifs is 2. The Balaban J connectivity index is 1.50. The molecule has 1 aromatic carbocycles. The average Bonchev–Trinajstić information content (AvgIpc) is 3.09. The summed E-state index contributed by atoms with van der Waals surface area (Å²) < 4.78 is 28.3. The molecule has 32 heavy (non-hydrogen) atoms. The molecule has 0 saturated carbocycles. The number of aromatic nitrogens is 3. The van der Waals surface area contributed by atoms with Gasteiger partial charge in [0.1, 0.15) is 11.3 Å². The Hall–Kier alpha value is -2.31. The number of hydrogen-bond acceptors (Lipinski definition) is 7. The molecule has 168 valence electrons. The summed E-state index contributed by atoms with van der Waals surface area (Å²) in [6, 6.07) is 5.04. The van der Waals surface area contributed by atoms with E-state index in [1.165, 1.54) is 13.2 Å². The number of nitrogens with zero attached hydrogens (tertiary/aromatic N) is 4. The molecule has 8 nitrogen and oxygen atoms in total. The van der Waals surface area contributed by atoms with Crippen LogP contribution in [0.3, 0.4) is 0 Å². The maximum Gasteiger partial charge on any atom is 0.340 e. The van der Waals surface area contributed by atoms with Gasteiger partial charge < -0.3 is 19.1 Å². The zero-order chi connectivity index (χ0) is 22.4. The van der Waals surface area contributed by atoms with E-state index in [-0.39, 0.29) is 17.5 Å². The summed E-state index contributed by atoms with van der Waals surface area (Å²) in [5, 5.41) is 10.00. The van der Waals surface area contributed by atoms with E-state index >= 15 is 4.39 Å². The molecule has 2 aromatic heterocycles. The van der Waals surface area contributed by atoms with Crippen molar-refractivity contribution in [3.05, 3.63) is 50.2 Å². The Morgan fingerprint density at radius 2 is 2.22 bits per heavy atom. The third kappa shape index (κ3) is 3.84. The van der Waals surface area contributed by atoms with Crippen molar-refractivity contribution in [2.75, 3.05) is 20.3 Å². The molecule has 1 atom stereocenters. The number of halogens is 2. The zero-order valence-corrected chi connectivity index (χ0v) is 19.6. The summed E-state index contributed by atoms with van der Waals surface area (Å²) >= 11 is 2.08. The Labute approximate surface area is 197 Å². The number of methoxy groups -OCH3 is 1. The molecule has 4 heterocycles. The second-order valence-electron chi connectivity index (χ2n) is 8.07. The van der Waals surface area contributed by atoms with Crippen molar-refractivity contribution in [1.29, 1.82) is 0 Å². The van der Waals surface area contributed by atoms with Gasteiger partial charge in [-0.25, -0.2) is 19.2 Å². The monoisotopic (exact) mass is 552 g/mol. The molecule has 3 aromatic rings. The lowest BCUT2D eigenvalue weighted by Gasteiger charge is -2.30. The number of aromatic hydroxyl groups is 1. The fourth-order valence-electron chi connectivity index (χ4n) is 4.26. The Morgan fingerprint density at radius 3 is 2.94 bits per heavy atom. The quantitative estimate of drug-likeness (QED) is 0.385. The number of imidazole rings is 1. The molecule has 1 N–H and O–H groups in total. The molecular weight excluding hydrogens is 530 g/mol. The average molecular weight is 552 g/mol. The second kappa shape index (κ2) is 8.56. The molecule has 0 aliphatic carbocycles. The van der Waals surface area contributed by atoms with Crippen LogP contribution in [0.4, 0.5) is 4.39 Å². The number of pyridine rings is 1. The van der Waals surface area contributed by atoms with Crippen LogP contribution in [0.5, 0.6) is 5.88 Å². The highest BCUT2D eigenvalue weighted by molar-refractivity contribution is 14.1. The van der Waals surface area contributed by atoms with Gasteiger partial charge in [0.2, 0.25) is 5.88 Å². The zero-order valence-electron chi connectivity index (χ0n) is 17.5. The van der Waals surface area contributed by atoms with Crippen LogP contribution in [-0.2, 0) is 35.5 Å². The van der Waals surface area contributed by atoms with E-state index in [0.717, 1.165) is 34.2 Å². The first kappa shape index (κ1) is 21.5. The summed E-state index contributed by atoms with van der Waals surface area (Å²) in [5.41, 5.74) is 2.66. The van der Waals surface area contributed by atoms with Crippen LogP contribution in [0.25, 0.3) is 11.0 Å². The molecular formula is C22H22FIN4O4. The van der Waals surface area contributed by atoms with Crippen molar-refractivity contribution in [1.82, 2.24) is 19.4 Å². The van der Waals surface area contributed by atoms with Crippen molar-refractivity contribution in [2.24, 2.45) is 0 Å². The number of benzene rings is 1. The van der Waals surface area contributed by atoms with E-state index in [2.05, 4.69) is 32.5 Å². The van der Waals surface area contributed by atoms with Gasteiger partial charge in [0.05, 0.1) is 46.6 Å².